The Morgan fingerprint density at radius 1 is 1.00 bits per heavy atom. The van der Waals surface area contributed by atoms with Crippen molar-refractivity contribution in [1.82, 2.24) is 0 Å². The molecule has 142 valence electrons. The van der Waals surface area contributed by atoms with Gasteiger partial charge in [0.15, 0.2) is 0 Å². The molecule has 0 aromatic heterocycles. The van der Waals surface area contributed by atoms with Crippen LogP contribution in [0, 0.1) is 0 Å². The molecule has 3 nitrogen and oxygen atoms in total. The lowest BCUT2D eigenvalue weighted by Crippen LogP contribution is -2.69. The van der Waals surface area contributed by atoms with Crippen LogP contribution in [0.4, 0.5) is 0 Å². The average Bonchev–Trinajstić information content (AvgIpc) is 2.50. The van der Waals surface area contributed by atoms with E-state index in [1.807, 2.05) is 30.3 Å². The number of hydrogen-bond donors (Lipinski definition) is 0. The van der Waals surface area contributed by atoms with E-state index in [1.54, 1.807) is 0 Å². The summed E-state index contributed by atoms with van der Waals surface area (Å²) in [6, 6.07) is 9.75. The quantitative estimate of drug-likeness (QED) is 0.369. The van der Waals surface area contributed by atoms with E-state index in [0.29, 0.717) is 11.1 Å². The van der Waals surface area contributed by atoms with E-state index in [2.05, 4.69) is 55.5 Å². The van der Waals surface area contributed by atoms with Crippen LogP contribution in [0.3, 0.4) is 0 Å². The van der Waals surface area contributed by atoms with Crippen LogP contribution in [0.25, 0.3) is 0 Å². The summed E-state index contributed by atoms with van der Waals surface area (Å²) in [5, 5.41) is 0. The predicted molar refractivity (Wildman–Crippen MR) is 105 cm³/mol. The number of carbonyl (C=O) groups excluding carboxylic acids is 1. The zero-order chi connectivity index (χ0) is 19.3. The van der Waals surface area contributed by atoms with Gasteiger partial charge < -0.3 is 9.22 Å². The maximum absolute atomic E-state index is 13.2. The third-order valence-corrected chi connectivity index (χ3v) is 5.63. The second kappa shape index (κ2) is 8.35. The SMILES string of the molecule is CCCCCOC(=O)[C@H](c1ccccc1)[N+](C)(C(C)(C)C)C(C)(C)C. The molecule has 0 aliphatic heterocycles. The monoisotopic (exact) mass is 348 g/mol. The molecule has 0 saturated heterocycles. The van der Waals surface area contributed by atoms with Crippen molar-refractivity contribution in [3.05, 3.63) is 35.9 Å². The Bertz CT molecular complexity index is 523. The van der Waals surface area contributed by atoms with Gasteiger partial charge in [-0.3, -0.25) is 0 Å². The van der Waals surface area contributed by atoms with E-state index in [4.69, 9.17) is 4.74 Å². The first kappa shape index (κ1) is 21.7. The Kier molecular flexibility index (Phi) is 7.25. The summed E-state index contributed by atoms with van der Waals surface area (Å²) >= 11 is 0. The second-order valence-corrected chi connectivity index (χ2v) is 9.10. The molecule has 0 heterocycles. The number of quaternary nitrogens is 1. The van der Waals surface area contributed by atoms with Gasteiger partial charge in [-0.1, -0.05) is 50.1 Å². The van der Waals surface area contributed by atoms with Crippen LogP contribution in [-0.2, 0) is 9.53 Å². The molecule has 1 rings (SSSR count). The highest BCUT2D eigenvalue weighted by Gasteiger charge is 2.55. The number of esters is 1. The molecule has 0 radical (unpaired) electrons. The first-order valence-electron chi connectivity index (χ1n) is 9.54. The summed E-state index contributed by atoms with van der Waals surface area (Å²) in [4.78, 5) is 13.2. The fraction of sp³-hybridized carbons (Fsp3) is 0.682. The van der Waals surface area contributed by atoms with E-state index in [1.165, 1.54) is 0 Å². The number of rotatable bonds is 7. The summed E-state index contributed by atoms with van der Waals surface area (Å²) in [7, 11) is 2.19. The smallest absolute Gasteiger partial charge is 0.369 e. The lowest BCUT2D eigenvalue weighted by molar-refractivity contribution is -1.01. The number of ether oxygens (including phenoxy) is 1. The molecular weight excluding hydrogens is 310 g/mol. The average molecular weight is 349 g/mol. The number of benzene rings is 1. The van der Waals surface area contributed by atoms with Crippen molar-refractivity contribution in [3.8, 4) is 0 Å². The first-order chi connectivity index (χ1) is 11.5. The van der Waals surface area contributed by atoms with Crippen LogP contribution < -0.4 is 0 Å². The van der Waals surface area contributed by atoms with Crippen molar-refractivity contribution < 1.29 is 14.0 Å². The number of unbranched alkanes of at least 4 members (excludes halogenated alkanes) is 2. The highest BCUT2D eigenvalue weighted by Crippen LogP contribution is 2.43. The lowest BCUT2D eigenvalue weighted by atomic mass is 9.85. The van der Waals surface area contributed by atoms with Gasteiger partial charge >= 0.3 is 5.97 Å². The lowest BCUT2D eigenvalue weighted by Gasteiger charge is -2.57. The third-order valence-electron chi connectivity index (χ3n) is 5.63. The van der Waals surface area contributed by atoms with Crippen molar-refractivity contribution in [2.75, 3.05) is 13.7 Å². The Hall–Kier alpha value is -1.35. The predicted octanol–water partition coefficient (Wildman–Crippen LogP) is 5.50. The maximum atomic E-state index is 13.2. The second-order valence-electron chi connectivity index (χ2n) is 9.10. The van der Waals surface area contributed by atoms with Crippen LogP contribution in [-0.4, -0.2) is 35.2 Å². The van der Waals surface area contributed by atoms with Gasteiger partial charge in [-0.2, -0.15) is 0 Å². The minimum atomic E-state index is -0.345. The summed E-state index contributed by atoms with van der Waals surface area (Å²) < 4.78 is 6.32. The van der Waals surface area contributed by atoms with Crippen LogP contribution in [0.2, 0.25) is 0 Å². The molecule has 0 aliphatic rings. The molecule has 25 heavy (non-hydrogen) atoms. The molecule has 0 amide bonds. The van der Waals surface area contributed by atoms with Gasteiger partial charge in [0.25, 0.3) is 0 Å². The highest BCUT2D eigenvalue weighted by molar-refractivity contribution is 5.76. The molecule has 0 saturated carbocycles. The standard InChI is InChI=1S/C22H38NO2/c1-9-10-14-17-25-20(24)19(18-15-12-11-13-16-18)23(8,21(2,3)4)22(5,6)7/h11-13,15-16,19H,9-10,14,17H2,1-8H3/q+1/t19-/m0/s1. The van der Waals surface area contributed by atoms with Crippen molar-refractivity contribution >= 4 is 5.97 Å². The minimum absolute atomic E-state index is 0.116. The molecule has 0 unspecified atom stereocenters. The maximum Gasteiger partial charge on any atom is 0.369 e. The van der Waals surface area contributed by atoms with Crippen molar-refractivity contribution in [2.45, 2.75) is 84.8 Å². The highest BCUT2D eigenvalue weighted by atomic mass is 16.5. The van der Waals surface area contributed by atoms with Gasteiger partial charge in [0.1, 0.15) is 0 Å². The van der Waals surface area contributed by atoms with Crippen molar-refractivity contribution in [1.29, 1.82) is 0 Å². The Morgan fingerprint density at radius 3 is 1.96 bits per heavy atom. The molecule has 0 fully saturated rings. The van der Waals surface area contributed by atoms with Crippen LogP contribution >= 0.6 is 0 Å². The molecule has 3 heteroatoms. The first-order valence-corrected chi connectivity index (χ1v) is 9.54. The number of hydrogen-bond acceptors (Lipinski definition) is 2. The van der Waals surface area contributed by atoms with E-state index < -0.39 is 0 Å². The zero-order valence-corrected chi connectivity index (χ0v) is 17.6. The molecule has 0 N–H and O–H groups in total. The van der Waals surface area contributed by atoms with Gasteiger partial charge in [-0.25, -0.2) is 4.79 Å². The van der Waals surface area contributed by atoms with Crippen molar-refractivity contribution in [3.63, 3.8) is 0 Å². The molecule has 0 bridgehead atoms. The normalized spacial score (nSPS) is 14.2. The molecule has 1 atom stereocenters. The molecule has 0 aliphatic carbocycles. The van der Waals surface area contributed by atoms with Crippen LogP contribution in [0.1, 0.15) is 79.3 Å². The minimum Gasteiger partial charge on any atom is -0.461 e. The summed E-state index contributed by atoms with van der Waals surface area (Å²) in [6.45, 7) is 15.9. The topological polar surface area (TPSA) is 26.3 Å². The Balaban J connectivity index is 3.33. The van der Waals surface area contributed by atoms with Crippen LogP contribution in [0.15, 0.2) is 30.3 Å². The van der Waals surface area contributed by atoms with Gasteiger partial charge in [0.2, 0.25) is 6.04 Å². The number of carbonyl (C=O) groups is 1. The van der Waals surface area contributed by atoms with Gasteiger partial charge in [0.05, 0.1) is 24.7 Å². The van der Waals surface area contributed by atoms with Gasteiger partial charge in [-0.15, -0.1) is 0 Å². The molecule has 1 aromatic carbocycles. The molecule has 1 aromatic rings. The van der Waals surface area contributed by atoms with E-state index in [9.17, 15) is 4.79 Å². The van der Waals surface area contributed by atoms with Gasteiger partial charge in [0, 0.05) is 5.56 Å². The fourth-order valence-electron chi connectivity index (χ4n) is 3.66. The number of likely N-dealkylation sites (N-methyl/N-ethyl adjacent to an activating group) is 1. The Morgan fingerprint density at radius 2 is 1.52 bits per heavy atom. The van der Waals surface area contributed by atoms with Crippen molar-refractivity contribution in [2.24, 2.45) is 0 Å². The van der Waals surface area contributed by atoms with E-state index in [0.717, 1.165) is 24.8 Å². The molecular formula is C22H38NO2+. The summed E-state index contributed by atoms with van der Waals surface area (Å²) in [6.07, 6.45) is 3.14. The largest absolute Gasteiger partial charge is 0.461 e. The molecule has 0 spiro atoms. The van der Waals surface area contributed by atoms with E-state index >= 15 is 0 Å². The zero-order valence-electron chi connectivity index (χ0n) is 17.6. The summed E-state index contributed by atoms with van der Waals surface area (Å²) in [5.41, 5.74) is 0.776. The van der Waals surface area contributed by atoms with Gasteiger partial charge in [-0.05, 0) is 48.0 Å². The Labute approximate surface area is 155 Å². The number of nitrogens with zero attached hydrogens (tertiary/aromatic N) is 1. The van der Waals surface area contributed by atoms with Crippen LogP contribution in [0.5, 0.6) is 0 Å². The van der Waals surface area contributed by atoms with E-state index in [-0.39, 0.29) is 23.1 Å². The fourth-order valence-corrected chi connectivity index (χ4v) is 3.66. The third kappa shape index (κ3) is 4.84. The summed E-state index contributed by atoms with van der Waals surface area (Å²) in [5.74, 6) is -0.116.